The van der Waals surface area contributed by atoms with Gasteiger partial charge in [-0.1, -0.05) is 0 Å². The Bertz CT molecular complexity index is 677. The lowest BCUT2D eigenvalue weighted by molar-refractivity contribution is 0.102. The van der Waals surface area contributed by atoms with Gasteiger partial charge in [0.05, 0.1) is 11.1 Å². The van der Waals surface area contributed by atoms with Crippen molar-refractivity contribution in [1.82, 2.24) is 9.97 Å². The van der Waals surface area contributed by atoms with Crippen LogP contribution in [0.4, 0.5) is 5.82 Å². The first-order valence-electron chi connectivity index (χ1n) is 5.26. The monoisotopic (exact) mass is 249 g/mol. The minimum absolute atomic E-state index is 0.185. The number of hydrogen-bond donors (Lipinski definition) is 1. The van der Waals surface area contributed by atoms with Crippen LogP contribution in [-0.2, 0) is 0 Å². The van der Waals surface area contributed by atoms with Gasteiger partial charge in [-0.15, -0.1) is 0 Å². The maximum absolute atomic E-state index is 11.8. The summed E-state index contributed by atoms with van der Waals surface area (Å²) in [7, 11) is 0. The summed E-state index contributed by atoms with van der Waals surface area (Å²) in [4.78, 5) is 19.6. The van der Waals surface area contributed by atoms with E-state index in [0.717, 1.165) is 0 Å². The number of nitrogens with zero attached hydrogens (tertiary/aromatic N) is 4. The minimum atomic E-state index is -0.429. The molecule has 0 saturated carbocycles. The van der Waals surface area contributed by atoms with Crippen molar-refractivity contribution in [3.05, 3.63) is 53.5 Å². The van der Waals surface area contributed by atoms with E-state index >= 15 is 0 Å². The zero-order valence-electron chi connectivity index (χ0n) is 9.66. The molecule has 1 N–H and O–H groups in total. The van der Waals surface area contributed by atoms with Gasteiger partial charge in [0.1, 0.15) is 23.7 Å². The molecule has 6 heteroatoms. The lowest BCUT2D eigenvalue weighted by atomic mass is 10.2. The van der Waals surface area contributed by atoms with E-state index in [-0.39, 0.29) is 5.69 Å². The van der Waals surface area contributed by atoms with Crippen LogP contribution in [0.2, 0.25) is 0 Å². The van der Waals surface area contributed by atoms with Crippen molar-refractivity contribution in [2.75, 3.05) is 5.32 Å². The molecule has 0 saturated heterocycles. The molecule has 1 amide bonds. The molecule has 6 nitrogen and oxygen atoms in total. The van der Waals surface area contributed by atoms with Gasteiger partial charge in [0.15, 0.2) is 0 Å². The standard InChI is InChI=1S/C13H7N5O/c14-5-9-1-3-11(16-7-9)13(19)18-12-4-2-10(6-15)8-17-12/h1-4,7-8H,(H,17,18,19). The number of amides is 1. The van der Waals surface area contributed by atoms with Gasteiger partial charge in [-0.3, -0.25) is 4.79 Å². The Labute approximate surface area is 109 Å². The maximum Gasteiger partial charge on any atom is 0.275 e. The number of rotatable bonds is 2. The van der Waals surface area contributed by atoms with Crippen LogP contribution < -0.4 is 5.32 Å². The Morgan fingerprint density at radius 2 is 1.63 bits per heavy atom. The average Bonchev–Trinajstić information content (AvgIpc) is 2.48. The van der Waals surface area contributed by atoms with Crippen LogP contribution in [0.15, 0.2) is 36.7 Å². The number of hydrogen-bond acceptors (Lipinski definition) is 5. The molecule has 2 rings (SSSR count). The normalized spacial score (nSPS) is 9.16. The summed E-state index contributed by atoms with van der Waals surface area (Å²) in [5.41, 5.74) is 0.979. The topological polar surface area (TPSA) is 102 Å². The second-order valence-electron chi connectivity index (χ2n) is 3.54. The number of nitrogens with one attached hydrogen (secondary N) is 1. The molecule has 19 heavy (non-hydrogen) atoms. The van der Waals surface area contributed by atoms with E-state index in [1.54, 1.807) is 6.07 Å². The molecule has 0 unspecified atom stereocenters. The number of pyridine rings is 2. The lowest BCUT2D eigenvalue weighted by Gasteiger charge is -2.03. The van der Waals surface area contributed by atoms with Gasteiger partial charge in [0, 0.05) is 12.4 Å². The first kappa shape index (κ1) is 12.2. The summed E-state index contributed by atoms with van der Waals surface area (Å²) in [5, 5.41) is 19.8. The molecular formula is C13H7N5O. The summed E-state index contributed by atoms with van der Waals surface area (Å²) < 4.78 is 0. The number of carbonyl (C=O) groups is 1. The molecule has 90 valence electrons. The van der Waals surface area contributed by atoms with Gasteiger partial charge in [0.25, 0.3) is 5.91 Å². The summed E-state index contributed by atoms with van der Waals surface area (Å²) in [5.74, 6) is -0.100. The van der Waals surface area contributed by atoms with E-state index in [9.17, 15) is 4.79 Å². The van der Waals surface area contributed by atoms with Crippen LogP contribution in [0, 0.1) is 22.7 Å². The third-order valence-electron chi connectivity index (χ3n) is 2.26. The van der Waals surface area contributed by atoms with Crippen molar-refractivity contribution in [3.8, 4) is 12.1 Å². The summed E-state index contributed by atoms with van der Waals surface area (Å²) in [6.45, 7) is 0. The largest absolute Gasteiger partial charge is 0.305 e. The molecule has 0 spiro atoms. The highest BCUT2D eigenvalue weighted by atomic mass is 16.1. The molecule has 2 heterocycles. The maximum atomic E-state index is 11.8. The molecule has 0 aromatic carbocycles. The summed E-state index contributed by atoms with van der Waals surface area (Å²) in [6, 6.07) is 9.89. The highest BCUT2D eigenvalue weighted by Crippen LogP contribution is 2.06. The Hall–Kier alpha value is -3.25. The Morgan fingerprint density at radius 1 is 1.00 bits per heavy atom. The molecule has 0 atom stereocenters. The highest BCUT2D eigenvalue weighted by molar-refractivity contribution is 6.02. The fraction of sp³-hybridized carbons (Fsp3) is 0. The SMILES string of the molecule is N#Cc1ccc(NC(=O)c2ccc(C#N)cn2)nc1. The van der Waals surface area contributed by atoms with Crippen molar-refractivity contribution < 1.29 is 4.79 Å². The molecule has 0 bridgehead atoms. The first-order chi connectivity index (χ1) is 9.22. The van der Waals surface area contributed by atoms with Crippen molar-refractivity contribution in [2.45, 2.75) is 0 Å². The molecule has 0 aliphatic rings. The highest BCUT2D eigenvalue weighted by Gasteiger charge is 2.08. The van der Waals surface area contributed by atoms with Gasteiger partial charge >= 0.3 is 0 Å². The van der Waals surface area contributed by atoms with Crippen LogP contribution in [0.5, 0.6) is 0 Å². The smallest absolute Gasteiger partial charge is 0.275 e. The zero-order valence-corrected chi connectivity index (χ0v) is 9.66. The van der Waals surface area contributed by atoms with Crippen molar-refractivity contribution in [1.29, 1.82) is 10.5 Å². The van der Waals surface area contributed by atoms with E-state index in [4.69, 9.17) is 10.5 Å². The van der Waals surface area contributed by atoms with E-state index in [2.05, 4.69) is 15.3 Å². The fourth-order valence-corrected chi connectivity index (χ4v) is 1.31. The fourth-order valence-electron chi connectivity index (χ4n) is 1.31. The van der Waals surface area contributed by atoms with Crippen LogP contribution in [0.1, 0.15) is 21.6 Å². The third kappa shape index (κ3) is 2.90. The van der Waals surface area contributed by atoms with Gasteiger partial charge < -0.3 is 5.32 Å². The van der Waals surface area contributed by atoms with Crippen LogP contribution >= 0.6 is 0 Å². The molecule has 0 fully saturated rings. The molecule has 0 aliphatic heterocycles. The molecule has 2 aromatic rings. The number of aromatic nitrogens is 2. The minimum Gasteiger partial charge on any atom is -0.305 e. The van der Waals surface area contributed by atoms with Crippen LogP contribution in [0.3, 0.4) is 0 Å². The molecule has 0 radical (unpaired) electrons. The Morgan fingerprint density at radius 3 is 2.11 bits per heavy atom. The summed E-state index contributed by atoms with van der Waals surface area (Å²) in [6.07, 6.45) is 2.68. The summed E-state index contributed by atoms with van der Waals surface area (Å²) >= 11 is 0. The van der Waals surface area contributed by atoms with Gasteiger partial charge in [-0.25, -0.2) is 9.97 Å². The van der Waals surface area contributed by atoms with Crippen molar-refractivity contribution >= 4 is 11.7 Å². The van der Waals surface area contributed by atoms with Gasteiger partial charge in [-0.2, -0.15) is 10.5 Å². The van der Waals surface area contributed by atoms with E-state index in [0.29, 0.717) is 16.9 Å². The number of anilines is 1. The average molecular weight is 249 g/mol. The number of nitriles is 2. The molecular weight excluding hydrogens is 242 g/mol. The first-order valence-corrected chi connectivity index (χ1v) is 5.26. The second kappa shape index (κ2) is 5.39. The second-order valence-corrected chi connectivity index (χ2v) is 3.54. The quantitative estimate of drug-likeness (QED) is 0.868. The predicted molar refractivity (Wildman–Crippen MR) is 65.9 cm³/mol. The lowest BCUT2D eigenvalue weighted by Crippen LogP contribution is -2.14. The van der Waals surface area contributed by atoms with Crippen molar-refractivity contribution in [2.24, 2.45) is 0 Å². The Balaban J connectivity index is 2.11. The molecule has 0 aliphatic carbocycles. The van der Waals surface area contributed by atoms with E-state index < -0.39 is 5.91 Å². The third-order valence-corrected chi connectivity index (χ3v) is 2.26. The van der Waals surface area contributed by atoms with Gasteiger partial charge in [-0.05, 0) is 24.3 Å². The van der Waals surface area contributed by atoms with Crippen LogP contribution in [0.25, 0.3) is 0 Å². The molecule has 2 aromatic heterocycles. The van der Waals surface area contributed by atoms with E-state index in [1.807, 2.05) is 12.1 Å². The Kier molecular flexibility index (Phi) is 3.46. The van der Waals surface area contributed by atoms with E-state index in [1.165, 1.54) is 30.6 Å². The number of carbonyl (C=O) groups excluding carboxylic acids is 1. The zero-order chi connectivity index (χ0) is 13.7. The van der Waals surface area contributed by atoms with Crippen LogP contribution in [-0.4, -0.2) is 15.9 Å². The van der Waals surface area contributed by atoms with Crippen molar-refractivity contribution in [3.63, 3.8) is 0 Å². The predicted octanol–water partition coefficient (Wildman–Crippen LogP) is 1.47. The van der Waals surface area contributed by atoms with Gasteiger partial charge in [0.2, 0.25) is 0 Å².